The molecule has 0 bridgehead atoms. The van der Waals surface area contributed by atoms with Crippen LogP contribution in [0.15, 0.2) is 42.6 Å². The van der Waals surface area contributed by atoms with Crippen molar-refractivity contribution in [2.45, 2.75) is 25.8 Å². The number of nitrogens with zero attached hydrogens (tertiary/aromatic N) is 4. The molecule has 1 aromatic heterocycles. The van der Waals surface area contributed by atoms with Gasteiger partial charge in [0, 0.05) is 56.0 Å². The van der Waals surface area contributed by atoms with E-state index in [0.717, 1.165) is 75.5 Å². The highest BCUT2D eigenvalue weighted by atomic mass is 35.5. The minimum Gasteiger partial charge on any atom is -0.379 e. The van der Waals surface area contributed by atoms with E-state index >= 15 is 0 Å². The molecule has 7 nitrogen and oxygen atoms in total. The molecule has 2 aromatic carbocycles. The number of carbonyl (C=O) groups excluding carboxylic acids is 1. The van der Waals surface area contributed by atoms with Crippen molar-refractivity contribution in [2.75, 3.05) is 50.8 Å². The van der Waals surface area contributed by atoms with Crippen LogP contribution >= 0.6 is 11.6 Å². The molecule has 0 aliphatic carbocycles. The zero-order valence-electron chi connectivity index (χ0n) is 21.1. The SMILES string of the molecule is O=C(NCCN1CCOCC1)c1cccc(-c2cnc3c(n2)N(Cc2c(F)ccc(F)c2Cl)CCCC3)c1. The van der Waals surface area contributed by atoms with Crippen molar-refractivity contribution < 1.29 is 18.3 Å². The Hall–Kier alpha value is -3.14. The van der Waals surface area contributed by atoms with Gasteiger partial charge in [0.2, 0.25) is 0 Å². The van der Waals surface area contributed by atoms with Gasteiger partial charge in [-0.05, 0) is 43.5 Å². The number of ether oxygens (including phenoxy) is 1. The van der Waals surface area contributed by atoms with E-state index in [1.54, 1.807) is 18.3 Å². The van der Waals surface area contributed by atoms with Gasteiger partial charge in [0.25, 0.3) is 5.91 Å². The van der Waals surface area contributed by atoms with Gasteiger partial charge in [-0.3, -0.25) is 14.7 Å². The van der Waals surface area contributed by atoms with E-state index in [1.165, 1.54) is 0 Å². The van der Waals surface area contributed by atoms with Gasteiger partial charge in [-0.2, -0.15) is 0 Å². The number of carbonyl (C=O) groups is 1. The lowest BCUT2D eigenvalue weighted by molar-refractivity contribution is 0.0383. The smallest absolute Gasteiger partial charge is 0.251 e. The monoisotopic (exact) mass is 541 g/mol. The Labute approximate surface area is 225 Å². The van der Waals surface area contributed by atoms with E-state index in [9.17, 15) is 13.6 Å². The second-order valence-electron chi connectivity index (χ2n) is 9.52. The lowest BCUT2D eigenvalue weighted by Crippen LogP contribution is -2.41. The van der Waals surface area contributed by atoms with Crippen molar-refractivity contribution in [3.05, 3.63) is 76.1 Å². The van der Waals surface area contributed by atoms with Gasteiger partial charge in [-0.15, -0.1) is 0 Å². The predicted molar refractivity (Wildman–Crippen MR) is 142 cm³/mol. The van der Waals surface area contributed by atoms with Gasteiger partial charge >= 0.3 is 0 Å². The first-order valence-corrected chi connectivity index (χ1v) is 13.3. The van der Waals surface area contributed by atoms with Crippen LogP contribution in [0.2, 0.25) is 5.02 Å². The number of amides is 1. The number of morpholine rings is 1. The van der Waals surface area contributed by atoms with E-state index in [4.69, 9.17) is 21.3 Å². The number of hydrogen-bond acceptors (Lipinski definition) is 6. The van der Waals surface area contributed by atoms with E-state index in [0.29, 0.717) is 30.2 Å². The standard InChI is InChI=1S/C28H30ClF2N5O2/c29-26-21(22(30)7-8-23(26)31)18-36-10-2-1-6-24-27(36)34-25(17-33-24)19-4-3-5-20(16-19)28(37)32-9-11-35-12-14-38-15-13-35/h3-5,7-8,16-17H,1-2,6,9-15,18H2,(H,32,37). The fourth-order valence-corrected chi connectivity index (χ4v) is 5.02. The summed E-state index contributed by atoms with van der Waals surface area (Å²) < 4.78 is 34.0. The minimum absolute atomic E-state index is 0.0825. The average molecular weight is 542 g/mol. The highest BCUT2D eigenvalue weighted by molar-refractivity contribution is 6.31. The molecule has 0 spiro atoms. The molecular weight excluding hydrogens is 512 g/mol. The minimum atomic E-state index is -0.655. The van der Waals surface area contributed by atoms with E-state index in [2.05, 4.69) is 15.2 Å². The number of aromatic nitrogens is 2. The van der Waals surface area contributed by atoms with Gasteiger partial charge in [0.15, 0.2) is 5.82 Å². The van der Waals surface area contributed by atoms with E-state index < -0.39 is 11.6 Å². The lowest BCUT2D eigenvalue weighted by Gasteiger charge is -2.26. The highest BCUT2D eigenvalue weighted by Gasteiger charge is 2.23. The molecule has 1 amide bonds. The van der Waals surface area contributed by atoms with Crippen LogP contribution in [-0.4, -0.2) is 66.7 Å². The second kappa shape index (κ2) is 12.1. The van der Waals surface area contributed by atoms with Crippen molar-refractivity contribution in [1.29, 1.82) is 0 Å². The molecule has 0 radical (unpaired) electrons. The number of rotatable bonds is 7. The summed E-state index contributed by atoms with van der Waals surface area (Å²) >= 11 is 6.12. The molecule has 1 saturated heterocycles. The average Bonchev–Trinajstić information content (AvgIpc) is 3.15. The number of halogens is 3. The summed E-state index contributed by atoms with van der Waals surface area (Å²) in [7, 11) is 0. The quantitative estimate of drug-likeness (QED) is 0.445. The molecule has 1 fully saturated rings. The van der Waals surface area contributed by atoms with Crippen LogP contribution in [0.1, 0.15) is 34.5 Å². The van der Waals surface area contributed by atoms with E-state index in [-0.39, 0.29) is 23.0 Å². The van der Waals surface area contributed by atoms with Crippen LogP contribution in [0.5, 0.6) is 0 Å². The molecule has 3 aromatic rings. The summed E-state index contributed by atoms with van der Waals surface area (Å²) in [5, 5.41) is 2.77. The first-order valence-electron chi connectivity index (χ1n) is 12.9. The fourth-order valence-electron chi connectivity index (χ4n) is 4.81. The van der Waals surface area contributed by atoms with Crippen LogP contribution in [0.25, 0.3) is 11.3 Å². The van der Waals surface area contributed by atoms with Crippen LogP contribution in [0.3, 0.4) is 0 Å². The first-order chi connectivity index (χ1) is 18.5. The number of nitrogens with one attached hydrogen (secondary N) is 1. The fraction of sp³-hybridized carbons (Fsp3) is 0.393. The summed E-state index contributed by atoms with van der Waals surface area (Å²) in [5.74, 6) is -0.739. The Morgan fingerprint density at radius 3 is 2.74 bits per heavy atom. The van der Waals surface area contributed by atoms with Crippen molar-refractivity contribution >= 4 is 23.3 Å². The maximum Gasteiger partial charge on any atom is 0.251 e. The number of anilines is 1. The number of benzene rings is 2. The Kier molecular flexibility index (Phi) is 8.46. The summed E-state index contributed by atoms with van der Waals surface area (Å²) in [6.07, 6.45) is 4.22. The molecule has 0 saturated carbocycles. The van der Waals surface area contributed by atoms with Crippen LogP contribution in [-0.2, 0) is 17.7 Å². The maximum absolute atomic E-state index is 14.6. The molecule has 3 heterocycles. The predicted octanol–water partition coefficient (Wildman–Crippen LogP) is 4.48. The van der Waals surface area contributed by atoms with Crippen LogP contribution < -0.4 is 10.2 Å². The lowest BCUT2D eigenvalue weighted by atomic mass is 10.1. The van der Waals surface area contributed by atoms with E-state index in [1.807, 2.05) is 17.0 Å². The number of fused-ring (bicyclic) bond motifs is 1. The summed E-state index contributed by atoms with van der Waals surface area (Å²) in [6, 6.07) is 9.39. The third kappa shape index (κ3) is 6.11. The van der Waals surface area contributed by atoms with Crippen molar-refractivity contribution in [3.8, 4) is 11.3 Å². The molecule has 38 heavy (non-hydrogen) atoms. The van der Waals surface area contributed by atoms with Gasteiger partial charge in [0.05, 0.1) is 35.8 Å². The van der Waals surface area contributed by atoms with Crippen molar-refractivity contribution in [2.24, 2.45) is 0 Å². The molecule has 5 rings (SSSR count). The maximum atomic E-state index is 14.6. The molecule has 0 unspecified atom stereocenters. The first kappa shape index (κ1) is 26.5. The van der Waals surface area contributed by atoms with Gasteiger partial charge < -0.3 is 15.0 Å². The third-order valence-corrected chi connectivity index (χ3v) is 7.35. The topological polar surface area (TPSA) is 70.6 Å². The molecule has 2 aliphatic rings. The molecule has 200 valence electrons. The van der Waals surface area contributed by atoms with Crippen LogP contribution in [0.4, 0.5) is 14.6 Å². The largest absolute Gasteiger partial charge is 0.379 e. The Morgan fingerprint density at radius 2 is 1.89 bits per heavy atom. The summed E-state index contributed by atoms with van der Waals surface area (Å²) in [6.45, 7) is 5.21. The Balaban J connectivity index is 1.35. The zero-order chi connectivity index (χ0) is 26.5. The summed E-state index contributed by atoms with van der Waals surface area (Å²) in [4.78, 5) is 26.5. The zero-order valence-corrected chi connectivity index (χ0v) is 21.8. The number of aryl methyl sites for hydroxylation is 1. The molecule has 2 aliphatic heterocycles. The molecule has 1 N–H and O–H groups in total. The Bertz CT molecular complexity index is 1300. The second-order valence-corrected chi connectivity index (χ2v) is 9.89. The summed E-state index contributed by atoms with van der Waals surface area (Å²) in [5.41, 5.74) is 2.79. The highest BCUT2D eigenvalue weighted by Crippen LogP contribution is 2.31. The molecule has 0 atom stereocenters. The van der Waals surface area contributed by atoms with Crippen molar-refractivity contribution in [3.63, 3.8) is 0 Å². The van der Waals surface area contributed by atoms with Crippen LogP contribution in [0, 0.1) is 11.6 Å². The van der Waals surface area contributed by atoms with Gasteiger partial charge in [0.1, 0.15) is 11.6 Å². The normalized spacial score (nSPS) is 16.1. The molecule has 10 heteroatoms. The van der Waals surface area contributed by atoms with Gasteiger partial charge in [-0.25, -0.2) is 13.8 Å². The molecular formula is C28H30ClF2N5O2. The Morgan fingerprint density at radius 1 is 1.08 bits per heavy atom. The third-order valence-electron chi connectivity index (χ3n) is 6.94. The van der Waals surface area contributed by atoms with Gasteiger partial charge in [-0.1, -0.05) is 23.7 Å². The number of hydrogen-bond donors (Lipinski definition) is 1. The van der Waals surface area contributed by atoms with Crippen molar-refractivity contribution in [1.82, 2.24) is 20.2 Å².